The van der Waals surface area contributed by atoms with Crippen LogP contribution in [0.25, 0.3) is 11.5 Å². The normalized spacial score (nSPS) is 10.2. The fraction of sp³-hybridized carbons (Fsp3) is 0.273. The van der Waals surface area contributed by atoms with Gasteiger partial charge in [0.15, 0.2) is 0 Å². The molecule has 0 fully saturated rings. The summed E-state index contributed by atoms with van der Waals surface area (Å²) < 4.78 is 9.56. The van der Waals surface area contributed by atoms with E-state index in [1.54, 1.807) is 13.1 Å². The van der Waals surface area contributed by atoms with Gasteiger partial charge in [0.25, 0.3) is 0 Å². The van der Waals surface area contributed by atoms with Crippen molar-refractivity contribution in [2.24, 2.45) is 0 Å². The number of carbonyl (C=O) groups is 1. The average molecular weight is 233 g/mol. The number of pyridine rings is 1. The Morgan fingerprint density at radius 2 is 2.35 bits per heavy atom. The first-order valence-corrected chi connectivity index (χ1v) is 5.15. The second-order valence-corrected chi connectivity index (χ2v) is 3.31. The van der Waals surface area contributed by atoms with Gasteiger partial charge in [0.2, 0.25) is 5.82 Å². The number of rotatable bonds is 3. The van der Waals surface area contributed by atoms with Crippen LogP contribution in [0.1, 0.15) is 23.2 Å². The lowest BCUT2D eigenvalue weighted by Gasteiger charge is -1.96. The largest absolute Gasteiger partial charge is 0.459 e. The van der Waals surface area contributed by atoms with Crippen LogP contribution in [0.4, 0.5) is 0 Å². The number of aromatic nitrogens is 3. The summed E-state index contributed by atoms with van der Waals surface area (Å²) in [6.07, 6.45) is 1.63. The summed E-state index contributed by atoms with van der Waals surface area (Å²) in [5, 5.41) is 3.70. The molecule has 0 radical (unpaired) electrons. The van der Waals surface area contributed by atoms with Crippen molar-refractivity contribution in [3.63, 3.8) is 0 Å². The maximum atomic E-state index is 11.3. The zero-order chi connectivity index (χ0) is 12.3. The maximum Gasteiger partial charge on any atom is 0.397 e. The number of carbonyl (C=O) groups excluding carboxylic acids is 1. The molecule has 6 nitrogen and oxygen atoms in total. The number of esters is 1. The molecule has 6 heteroatoms. The first kappa shape index (κ1) is 11.3. The van der Waals surface area contributed by atoms with E-state index in [9.17, 15) is 4.79 Å². The number of hydrogen-bond donors (Lipinski definition) is 0. The van der Waals surface area contributed by atoms with E-state index in [1.165, 1.54) is 0 Å². The minimum Gasteiger partial charge on any atom is -0.459 e. The predicted octanol–water partition coefficient (Wildman–Crippen LogP) is 1.62. The van der Waals surface area contributed by atoms with Crippen LogP contribution in [0.2, 0.25) is 0 Å². The highest BCUT2D eigenvalue weighted by molar-refractivity contribution is 5.84. The first-order chi connectivity index (χ1) is 8.22. The van der Waals surface area contributed by atoms with Crippen molar-refractivity contribution in [2.75, 3.05) is 6.61 Å². The fourth-order valence-electron chi connectivity index (χ4n) is 1.32. The van der Waals surface area contributed by atoms with Gasteiger partial charge in [0, 0.05) is 6.20 Å². The summed E-state index contributed by atoms with van der Waals surface area (Å²) in [7, 11) is 0. The van der Waals surface area contributed by atoms with Gasteiger partial charge in [0.1, 0.15) is 5.69 Å². The highest BCUT2D eigenvalue weighted by Crippen LogP contribution is 2.16. The van der Waals surface area contributed by atoms with Crippen LogP contribution in [0.15, 0.2) is 22.9 Å². The van der Waals surface area contributed by atoms with Crippen molar-refractivity contribution in [2.45, 2.75) is 13.8 Å². The molecular weight excluding hydrogens is 222 g/mol. The third kappa shape index (κ3) is 2.30. The van der Waals surface area contributed by atoms with Crippen molar-refractivity contribution < 1.29 is 14.1 Å². The van der Waals surface area contributed by atoms with Gasteiger partial charge in [-0.05, 0) is 25.5 Å². The Morgan fingerprint density at radius 1 is 1.53 bits per heavy atom. The quantitative estimate of drug-likeness (QED) is 0.749. The van der Waals surface area contributed by atoms with E-state index in [4.69, 9.17) is 9.26 Å². The molecule has 0 aliphatic rings. The van der Waals surface area contributed by atoms with Crippen molar-refractivity contribution >= 4 is 5.97 Å². The predicted molar refractivity (Wildman–Crippen MR) is 58.2 cm³/mol. The number of ether oxygens (including phenoxy) is 1. The molecule has 0 unspecified atom stereocenters. The number of hydrogen-bond acceptors (Lipinski definition) is 6. The van der Waals surface area contributed by atoms with Gasteiger partial charge < -0.3 is 9.26 Å². The Kier molecular flexibility index (Phi) is 3.13. The van der Waals surface area contributed by atoms with Gasteiger partial charge >= 0.3 is 11.9 Å². The smallest absolute Gasteiger partial charge is 0.397 e. The molecule has 2 rings (SSSR count). The lowest BCUT2D eigenvalue weighted by molar-refractivity contribution is 0.0470. The summed E-state index contributed by atoms with van der Waals surface area (Å²) in [4.78, 5) is 19.4. The summed E-state index contributed by atoms with van der Waals surface area (Å²) >= 11 is 0. The van der Waals surface area contributed by atoms with Crippen molar-refractivity contribution in [3.05, 3.63) is 29.8 Å². The molecule has 0 aliphatic carbocycles. The molecule has 88 valence electrons. The molecule has 0 bridgehead atoms. The highest BCUT2D eigenvalue weighted by Gasteiger charge is 2.18. The monoisotopic (exact) mass is 233 g/mol. The van der Waals surface area contributed by atoms with E-state index in [-0.39, 0.29) is 18.3 Å². The minimum absolute atomic E-state index is 0.160. The van der Waals surface area contributed by atoms with Crippen LogP contribution in [0, 0.1) is 6.92 Å². The van der Waals surface area contributed by atoms with Gasteiger partial charge in [-0.25, -0.2) is 4.79 Å². The summed E-state index contributed by atoms with van der Waals surface area (Å²) in [6.45, 7) is 3.85. The third-order valence-electron chi connectivity index (χ3n) is 2.10. The van der Waals surface area contributed by atoms with Crippen LogP contribution in [0.3, 0.4) is 0 Å². The van der Waals surface area contributed by atoms with E-state index < -0.39 is 5.97 Å². The van der Waals surface area contributed by atoms with Crippen molar-refractivity contribution in [3.8, 4) is 11.5 Å². The molecule has 0 saturated heterocycles. The molecule has 0 aliphatic heterocycles. The molecule has 0 atom stereocenters. The van der Waals surface area contributed by atoms with Crippen molar-refractivity contribution in [1.82, 2.24) is 15.1 Å². The van der Waals surface area contributed by atoms with Crippen LogP contribution in [-0.4, -0.2) is 27.7 Å². The minimum atomic E-state index is -0.625. The van der Waals surface area contributed by atoms with E-state index >= 15 is 0 Å². The molecular formula is C11H11N3O3. The van der Waals surface area contributed by atoms with Gasteiger partial charge in [-0.1, -0.05) is 11.2 Å². The molecule has 0 aromatic carbocycles. The molecule has 2 heterocycles. The van der Waals surface area contributed by atoms with Gasteiger partial charge in [0.05, 0.1) is 6.61 Å². The molecule has 0 N–H and O–H groups in total. The molecule has 2 aromatic rings. The van der Waals surface area contributed by atoms with Crippen LogP contribution in [-0.2, 0) is 4.74 Å². The Labute approximate surface area is 97.6 Å². The Balaban J connectivity index is 2.30. The topological polar surface area (TPSA) is 78.1 Å². The molecule has 0 saturated carbocycles. The molecule has 0 amide bonds. The summed E-state index contributed by atoms with van der Waals surface area (Å²) in [5.41, 5.74) is 1.50. The first-order valence-electron chi connectivity index (χ1n) is 5.15. The fourth-order valence-corrected chi connectivity index (χ4v) is 1.32. The molecule has 17 heavy (non-hydrogen) atoms. The zero-order valence-corrected chi connectivity index (χ0v) is 9.51. The van der Waals surface area contributed by atoms with Crippen LogP contribution >= 0.6 is 0 Å². The van der Waals surface area contributed by atoms with Crippen molar-refractivity contribution in [1.29, 1.82) is 0 Å². The lowest BCUT2D eigenvalue weighted by Crippen LogP contribution is -2.04. The Morgan fingerprint density at radius 3 is 3.06 bits per heavy atom. The van der Waals surface area contributed by atoms with Gasteiger partial charge in [-0.15, -0.1) is 0 Å². The average Bonchev–Trinajstić information content (AvgIpc) is 2.79. The lowest BCUT2D eigenvalue weighted by atomic mass is 10.2. The SMILES string of the molecule is CCOC(=O)c1nc(-c2ncccc2C)no1. The number of aryl methyl sites for hydroxylation is 1. The highest BCUT2D eigenvalue weighted by atomic mass is 16.6. The second kappa shape index (κ2) is 4.73. The molecule has 0 spiro atoms. The standard InChI is InChI=1S/C11H11N3O3/c1-3-16-11(15)10-13-9(14-17-10)8-7(2)5-4-6-12-8/h4-6H,3H2,1-2H3. The van der Waals surface area contributed by atoms with Crippen LogP contribution < -0.4 is 0 Å². The van der Waals surface area contributed by atoms with E-state index in [1.807, 2.05) is 19.1 Å². The maximum absolute atomic E-state index is 11.3. The Bertz CT molecular complexity index is 536. The third-order valence-corrected chi connectivity index (χ3v) is 2.10. The second-order valence-electron chi connectivity index (χ2n) is 3.31. The zero-order valence-electron chi connectivity index (χ0n) is 9.51. The summed E-state index contributed by atoms with van der Waals surface area (Å²) in [6, 6.07) is 3.69. The number of nitrogens with zero attached hydrogens (tertiary/aromatic N) is 3. The van der Waals surface area contributed by atoms with E-state index in [0.717, 1.165) is 5.56 Å². The van der Waals surface area contributed by atoms with E-state index in [2.05, 4.69) is 15.1 Å². The summed E-state index contributed by atoms with van der Waals surface area (Å²) in [5.74, 6) is -0.502. The van der Waals surface area contributed by atoms with Crippen LogP contribution in [0.5, 0.6) is 0 Å². The van der Waals surface area contributed by atoms with E-state index in [0.29, 0.717) is 5.69 Å². The van der Waals surface area contributed by atoms with Gasteiger partial charge in [-0.2, -0.15) is 4.98 Å². The van der Waals surface area contributed by atoms with Gasteiger partial charge in [-0.3, -0.25) is 4.98 Å². The molecule has 2 aromatic heterocycles. The Hall–Kier alpha value is -2.24.